The number of halogens is 1. The third kappa shape index (κ3) is 3.30. The molecule has 0 saturated carbocycles. The highest BCUT2D eigenvalue weighted by molar-refractivity contribution is 6.31. The van der Waals surface area contributed by atoms with Gasteiger partial charge in [0.25, 0.3) is 0 Å². The van der Waals surface area contributed by atoms with Crippen LogP contribution in [0.3, 0.4) is 0 Å². The van der Waals surface area contributed by atoms with Gasteiger partial charge in [-0.2, -0.15) is 0 Å². The van der Waals surface area contributed by atoms with E-state index in [2.05, 4.69) is 19.2 Å². The van der Waals surface area contributed by atoms with Crippen molar-refractivity contribution in [2.75, 3.05) is 14.2 Å². The fraction of sp³-hybridized carbons (Fsp3) is 0.467. The standard InChI is InChI=1S/C15H20ClNO2/c1-15(2,18-4)9-12(17-3)14-8-10-7-11(16)5-6-13(10)19-14/h5-8,12,17H,9H2,1-4H3. The molecule has 1 aromatic heterocycles. The van der Waals surface area contributed by atoms with Crippen LogP contribution >= 0.6 is 11.6 Å². The van der Waals surface area contributed by atoms with Crippen molar-refractivity contribution in [1.82, 2.24) is 5.32 Å². The van der Waals surface area contributed by atoms with E-state index in [1.807, 2.05) is 31.3 Å². The molecule has 0 fully saturated rings. The summed E-state index contributed by atoms with van der Waals surface area (Å²) >= 11 is 5.99. The van der Waals surface area contributed by atoms with Gasteiger partial charge in [-0.3, -0.25) is 0 Å². The number of rotatable bonds is 5. The summed E-state index contributed by atoms with van der Waals surface area (Å²) in [7, 11) is 3.65. The molecule has 0 amide bonds. The zero-order valence-corrected chi connectivity index (χ0v) is 12.5. The van der Waals surface area contributed by atoms with Gasteiger partial charge in [-0.1, -0.05) is 11.6 Å². The van der Waals surface area contributed by atoms with E-state index >= 15 is 0 Å². The molecular formula is C15H20ClNO2. The number of methoxy groups -OCH3 is 1. The van der Waals surface area contributed by atoms with Crippen LogP contribution in [0.5, 0.6) is 0 Å². The van der Waals surface area contributed by atoms with Crippen LogP contribution in [-0.2, 0) is 4.74 Å². The fourth-order valence-corrected chi connectivity index (χ4v) is 2.31. The Kier molecular flexibility index (Phi) is 4.19. The lowest BCUT2D eigenvalue weighted by Crippen LogP contribution is -2.30. The van der Waals surface area contributed by atoms with Crippen molar-refractivity contribution in [1.29, 1.82) is 0 Å². The van der Waals surface area contributed by atoms with Crippen LogP contribution in [0.4, 0.5) is 0 Å². The zero-order valence-electron chi connectivity index (χ0n) is 11.8. The van der Waals surface area contributed by atoms with E-state index in [4.69, 9.17) is 20.8 Å². The van der Waals surface area contributed by atoms with E-state index in [0.717, 1.165) is 28.2 Å². The van der Waals surface area contributed by atoms with Crippen LogP contribution in [0.25, 0.3) is 11.0 Å². The SMILES string of the molecule is CNC(CC(C)(C)OC)c1cc2cc(Cl)ccc2o1. The Labute approximate surface area is 118 Å². The van der Waals surface area contributed by atoms with Crippen molar-refractivity contribution >= 4 is 22.6 Å². The molecule has 4 heteroatoms. The molecule has 0 radical (unpaired) electrons. The van der Waals surface area contributed by atoms with Gasteiger partial charge in [0.15, 0.2) is 0 Å². The summed E-state index contributed by atoms with van der Waals surface area (Å²) in [6.45, 7) is 4.13. The maximum atomic E-state index is 5.99. The molecular weight excluding hydrogens is 262 g/mol. The van der Waals surface area contributed by atoms with Crippen molar-refractivity contribution in [2.24, 2.45) is 0 Å². The van der Waals surface area contributed by atoms with E-state index in [0.29, 0.717) is 0 Å². The number of nitrogens with one attached hydrogen (secondary N) is 1. The van der Waals surface area contributed by atoms with Gasteiger partial charge in [0.2, 0.25) is 0 Å². The quantitative estimate of drug-likeness (QED) is 0.893. The predicted octanol–water partition coefficient (Wildman–Crippen LogP) is 4.16. The molecule has 104 valence electrons. The van der Waals surface area contributed by atoms with Crippen molar-refractivity contribution in [2.45, 2.75) is 31.9 Å². The first-order valence-corrected chi connectivity index (χ1v) is 6.74. The fourth-order valence-electron chi connectivity index (χ4n) is 2.13. The number of ether oxygens (including phenoxy) is 1. The van der Waals surface area contributed by atoms with Gasteiger partial charge in [0.05, 0.1) is 11.6 Å². The van der Waals surface area contributed by atoms with E-state index in [1.54, 1.807) is 7.11 Å². The second kappa shape index (κ2) is 5.53. The molecule has 2 aromatic rings. The first-order valence-electron chi connectivity index (χ1n) is 6.36. The summed E-state index contributed by atoms with van der Waals surface area (Å²) in [5.41, 5.74) is 0.652. The summed E-state index contributed by atoms with van der Waals surface area (Å²) in [6, 6.07) is 7.80. The lowest BCUT2D eigenvalue weighted by Gasteiger charge is -2.27. The Hall–Kier alpha value is -1.03. The zero-order chi connectivity index (χ0) is 14.0. The van der Waals surface area contributed by atoms with E-state index < -0.39 is 0 Å². The summed E-state index contributed by atoms with van der Waals surface area (Å²) in [5.74, 6) is 0.907. The number of hydrogen-bond donors (Lipinski definition) is 1. The Morgan fingerprint density at radius 2 is 2.11 bits per heavy atom. The van der Waals surface area contributed by atoms with Crippen molar-refractivity contribution in [3.8, 4) is 0 Å². The van der Waals surface area contributed by atoms with Gasteiger partial charge in [0, 0.05) is 17.5 Å². The minimum atomic E-state index is -0.204. The topological polar surface area (TPSA) is 34.4 Å². The molecule has 0 bridgehead atoms. The predicted molar refractivity (Wildman–Crippen MR) is 78.7 cm³/mol. The smallest absolute Gasteiger partial charge is 0.134 e. The van der Waals surface area contributed by atoms with E-state index in [-0.39, 0.29) is 11.6 Å². The molecule has 0 saturated heterocycles. The highest BCUT2D eigenvalue weighted by Gasteiger charge is 2.25. The van der Waals surface area contributed by atoms with Gasteiger partial charge < -0.3 is 14.5 Å². The van der Waals surface area contributed by atoms with E-state index in [9.17, 15) is 0 Å². The van der Waals surface area contributed by atoms with Crippen molar-refractivity contribution < 1.29 is 9.15 Å². The van der Waals surface area contributed by atoms with Crippen molar-refractivity contribution in [3.05, 3.63) is 35.0 Å². The summed E-state index contributed by atoms with van der Waals surface area (Å²) in [5, 5.41) is 5.02. The van der Waals surface area contributed by atoms with Crippen molar-refractivity contribution in [3.63, 3.8) is 0 Å². The van der Waals surface area contributed by atoms with Gasteiger partial charge in [0.1, 0.15) is 11.3 Å². The van der Waals surface area contributed by atoms with Crippen LogP contribution in [-0.4, -0.2) is 19.8 Å². The molecule has 1 N–H and O–H groups in total. The number of furan rings is 1. The highest BCUT2D eigenvalue weighted by atomic mass is 35.5. The molecule has 0 aliphatic heterocycles. The minimum Gasteiger partial charge on any atom is -0.459 e. The lowest BCUT2D eigenvalue weighted by molar-refractivity contribution is 0.00581. The Morgan fingerprint density at radius 1 is 1.37 bits per heavy atom. The van der Waals surface area contributed by atoms with Gasteiger partial charge in [-0.25, -0.2) is 0 Å². The largest absolute Gasteiger partial charge is 0.459 e. The molecule has 3 nitrogen and oxygen atoms in total. The van der Waals surface area contributed by atoms with Crippen LogP contribution in [0, 0.1) is 0 Å². The lowest BCUT2D eigenvalue weighted by atomic mass is 9.97. The monoisotopic (exact) mass is 281 g/mol. The Balaban J connectivity index is 2.30. The average molecular weight is 282 g/mol. The van der Waals surface area contributed by atoms with Gasteiger partial charge in [-0.15, -0.1) is 0 Å². The number of benzene rings is 1. The molecule has 0 aliphatic rings. The van der Waals surface area contributed by atoms with Crippen LogP contribution in [0.1, 0.15) is 32.1 Å². The van der Waals surface area contributed by atoms with Crippen LogP contribution in [0.15, 0.2) is 28.7 Å². The second-order valence-electron chi connectivity index (χ2n) is 5.34. The summed E-state index contributed by atoms with van der Waals surface area (Å²) in [4.78, 5) is 0. The van der Waals surface area contributed by atoms with Crippen LogP contribution < -0.4 is 5.32 Å². The van der Waals surface area contributed by atoms with Gasteiger partial charge in [-0.05, 0) is 51.6 Å². The highest BCUT2D eigenvalue weighted by Crippen LogP contribution is 2.31. The molecule has 1 heterocycles. The Morgan fingerprint density at radius 3 is 2.74 bits per heavy atom. The summed E-state index contributed by atoms with van der Waals surface area (Å²) in [6.07, 6.45) is 0.827. The molecule has 2 rings (SSSR count). The second-order valence-corrected chi connectivity index (χ2v) is 5.78. The molecule has 1 aromatic carbocycles. The number of hydrogen-bond acceptors (Lipinski definition) is 3. The average Bonchev–Trinajstić information content (AvgIpc) is 2.78. The maximum absolute atomic E-state index is 5.99. The van der Waals surface area contributed by atoms with Gasteiger partial charge >= 0.3 is 0 Å². The normalized spacial score (nSPS) is 13.9. The molecule has 1 unspecified atom stereocenters. The van der Waals surface area contributed by atoms with E-state index in [1.165, 1.54) is 0 Å². The maximum Gasteiger partial charge on any atom is 0.134 e. The first kappa shape index (κ1) is 14.4. The third-order valence-corrected chi connectivity index (χ3v) is 3.67. The third-order valence-electron chi connectivity index (χ3n) is 3.44. The molecule has 0 aliphatic carbocycles. The summed E-state index contributed by atoms with van der Waals surface area (Å²) < 4.78 is 11.4. The first-order chi connectivity index (χ1) is 8.95. The number of fused-ring (bicyclic) bond motifs is 1. The van der Waals surface area contributed by atoms with Crippen LogP contribution in [0.2, 0.25) is 5.02 Å². The minimum absolute atomic E-state index is 0.112. The molecule has 1 atom stereocenters. The molecule has 19 heavy (non-hydrogen) atoms. The molecule has 0 spiro atoms. The Bertz CT molecular complexity index is 562.